The minimum atomic E-state index is 0.283. The van der Waals surface area contributed by atoms with Gasteiger partial charge in [0.05, 0.1) is 7.11 Å². The monoisotopic (exact) mass is 209 g/mol. The molecule has 1 aromatic carbocycles. The quantitative estimate of drug-likeness (QED) is 0.781. The molecule has 0 saturated carbocycles. The molecule has 0 heterocycles. The second kappa shape index (κ2) is 5.61. The number of methoxy groups -OCH3 is 1. The van der Waals surface area contributed by atoms with Crippen LogP contribution in [0, 0.1) is 0 Å². The molecular formula is C12H19NO2. The third-order valence-corrected chi connectivity index (χ3v) is 2.55. The summed E-state index contributed by atoms with van der Waals surface area (Å²) < 4.78 is 5.02. The molecule has 0 amide bonds. The average molecular weight is 209 g/mol. The number of rotatable bonds is 5. The Bertz CT molecular complexity index is 312. The number of phenolic OH excluding ortho intramolecular Hbond substituents is 1. The average Bonchev–Trinajstić information content (AvgIpc) is 2.26. The molecule has 1 atom stereocenters. The molecule has 0 fully saturated rings. The Labute approximate surface area is 91.1 Å². The highest BCUT2D eigenvalue weighted by molar-refractivity contribution is 5.39. The second-order valence-electron chi connectivity index (χ2n) is 3.68. The van der Waals surface area contributed by atoms with Crippen LogP contribution in [0.25, 0.3) is 0 Å². The number of benzene rings is 1. The van der Waals surface area contributed by atoms with E-state index in [1.165, 1.54) is 0 Å². The number of phenols is 1. The van der Waals surface area contributed by atoms with E-state index in [4.69, 9.17) is 4.74 Å². The van der Waals surface area contributed by atoms with E-state index in [1.54, 1.807) is 13.2 Å². The molecule has 0 radical (unpaired) electrons. The minimum Gasteiger partial charge on any atom is -0.507 e. The van der Waals surface area contributed by atoms with E-state index < -0.39 is 0 Å². The fourth-order valence-electron chi connectivity index (χ4n) is 1.25. The smallest absolute Gasteiger partial charge is 0.123 e. The van der Waals surface area contributed by atoms with E-state index >= 15 is 0 Å². The molecule has 2 N–H and O–H groups in total. The zero-order valence-corrected chi connectivity index (χ0v) is 9.58. The largest absolute Gasteiger partial charge is 0.507 e. The lowest BCUT2D eigenvalue weighted by molar-refractivity contribution is 0.405. The Balaban J connectivity index is 2.62. The highest BCUT2D eigenvalue weighted by Gasteiger charge is 2.04. The lowest BCUT2D eigenvalue weighted by Crippen LogP contribution is -2.24. The van der Waals surface area contributed by atoms with Crippen molar-refractivity contribution in [3.8, 4) is 11.5 Å². The second-order valence-corrected chi connectivity index (χ2v) is 3.68. The van der Waals surface area contributed by atoms with Crippen LogP contribution in [0.15, 0.2) is 18.2 Å². The molecule has 0 spiro atoms. The van der Waals surface area contributed by atoms with Gasteiger partial charge in [0.25, 0.3) is 0 Å². The van der Waals surface area contributed by atoms with Crippen LogP contribution >= 0.6 is 0 Å². The molecule has 15 heavy (non-hydrogen) atoms. The molecule has 84 valence electrons. The van der Waals surface area contributed by atoms with E-state index in [2.05, 4.69) is 19.2 Å². The Morgan fingerprint density at radius 2 is 2.20 bits per heavy atom. The maximum Gasteiger partial charge on any atom is 0.123 e. The van der Waals surface area contributed by atoms with Gasteiger partial charge in [-0.1, -0.05) is 13.0 Å². The van der Waals surface area contributed by atoms with Gasteiger partial charge < -0.3 is 15.2 Å². The minimum absolute atomic E-state index is 0.283. The molecule has 0 bridgehead atoms. The molecule has 3 heteroatoms. The summed E-state index contributed by atoms with van der Waals surface area (Å²) in [5, 5.41) is 13.0. The predicted molar refractivity (Wildman–Crippen MR) is 61.3 cm³/mol. The van der Waals surface area contributed by atoms with Crippen molar-refractivity contribution >= 4 is 0 Å². The van der Waals surface area contributed by atoms with Crippen LogP contribution in [0.1, 0.15) is 25.8 Å². The fraction of sp³-hybridized carbons (Fsp3) is 0.500. The van der Waals surface area contributed by atoms with Gasteiger partial charge in [-0.05, 0) is 19.4 Å². The third kappa shape index (κ3) is 3.44. The predicted octanol–water partition coefficient (Wildman–Crippen LogP) is 2.29. The van der Waals surface area contributed by atoms with Crippen LogP contribution in [0.2, 0.25) is 0 Å². The van der Waals surface area contributed by atoms with E-state index in [-0.39, 0.29) is 5.75 Å². The maximum atomic E-state index is 9.69. The van der Waals surface area contributed by atoms with Gasteiger partial charge in [0.15, 0.2) is 0 Å². The lowest BCUT2D eigenvalue weighted by Gasteiger charge is -2.12. The zero-order valence-electron chi connectivity index (χ0n) is 9.58. The number of aromatic hydroxyl groups is 1. The van der Waals surface area contributed by atoms with E-state index in [1.807, 2.05) is 12.1 Å². The SMILES string of the molecule is CC[C@@H](C)NCc1ccc(OC)cc1O. The van der Waals surface area contributed by atoms with Gasteiger partial charge in [-0.15, -0.1) is 0 Å². The van der Waals surface area contributed by atoms with Gasteiger partial charge in [0.1, 0.15) is 11.5 Å². The molecule has 3 nitrogen and oxygen atoms in total. The molecule has 1 aromatic rings. The van der Waals surface area contributed by atoms with Crippen molar-refractivity contribution in [1.82, 2.24) is 5.32 Å². The summed E-state index contributed by atoms with van der Waals surface area (Å²) in [7, 11) is 1.59. The first-order valence-corrected chi connectivity index (χ1v) is 5.26. The van der Waals surface area contributed by atoms with Crippen LogP contribution in [-0.2, 0) is 6.54 Å². The first kappa shape index (κ1) is 11.9. The summed E-state index contributed by atoms with van der Waals surface area (Å²) in [4.78, 5) is 0. The van der Waals surface area contributed by atoms with Gasteiger partial charge in [-0.3, -0.25) is 0 Å². The van der Waals surface area contributed by atoms with Crippen LogP contribution in [0.4, 0.5) is 0 Å². The first-order chi connectivity index (χ1) is 7.17. The van der Waals surface area contributed by atoms with Crippen LogP contribution in [0.3, 0.4) is 0 Å². The lowest BCUT2D eigenvalue weighted by atomic mass is 10.1. The molecule has 1 rings (SSSR count). The molecule has 0 aliphatic rings. The highest BCUT2D eigenvalue weighted by atomic mass is 16.5. The van der Waals surface area contributed by atoms with Crippen LogP contribution < -0.4 is 10.1 Å². The summed E-state index contributed by atoms with van der Waals surface area (Å²) in [6.07, 6.45) is 1.08. The number of ether oxygens (including phenoxy) is 1. The van der Waals surface area contributed by atoms with Crippen molar-refractivity contribution in [1.29, 1.82) is 0 Å². The van der Waals surface area contributed by atoms with Gasteiger partial charge in [0, 0.05) is 24.2 Å². The zero-order chi connectivity index (χ0) is 11.3. The van der Waals surface area contributed by atoms with Crippen molar-refractivity contribution in [2.24, 2.45) is 0 Å². The van der Waals surface area contributed by atoms with Crippen molar-refractivity contribution in [2.45, 2.75) is 32.9 Å². The van der Waals surface area contributed by atoms with Crippen molar-refractivity contribution in [2.75, 3.05) is 7.11 Å². The van der Waals surface area contributed by atoms with E-state index in [0.29, 0.717) is 18.3 Å². The summed E-state index contributed by atoms with van der Waals surface area (Å²) in [6.45, 7) is 4.94. The van der Waals surface area contributed by atoms with E-state index in [9.17, 15) is 5.11 Å². The van der Waals surface area contributed by atoms with Crippen molar-refractivity contribution in [3.05, 3.63) is 23.8 Å². The van der Waals surface area contributed by atoms with Gasteiger partial charge in [0.2, 0.25) is 0 Å². The number of nitrogens with one attached hydrogen (secondary N) is 1. The van der Waals surface area contributed by atoms with Gasteiger partial charge in [-0.25, -0.2) is 0 Å². The third-order valence-electron chi connectivity index (χ3n) is 2.55. The summed E-state index contributed by atoms with van der Waals surface area (Å²) in [5.74, 6) is 0.963. The molecular weight excluding hydrogens is 190 g/mol. The first-order valence-electron chi connectivity index (χ1n) is 5.26. The Hall–Kier alpha value is -1.22. The number of hydrogen-bond donors (Lipinski definition) is 2. The molecule has 0 aliphatic heterocycles. The van der Waals surface area contributed by atoms with Crippen LogP contribution in [-0.4, -0.2) is 18.3 Å². The van der Waals surface area contributed by atoms with Gasteiger partial charge >= 0.3 is 0 Å². The summed E-state index contributed by atoms with van der Waals surface area (Å²) >= 11 is 0. The molecule has 0 aromatic heterocycles. The molecule has 0 saturated heterocycles. The topological polar surface area (TPSA) is 41.5 Å². The van der Waals surface area contributed by atoms with Gasteiger partial charge in [-0.2, -0.15) is 0 Å². The fourth-order valence-corrected chi connectivity index (χ4v) is 1.25. The normalized spacial score (nSPS) is 12.5. The van der Waals surface area contributed by atoms with Crippen LogP contribution in [0.5, 0.6) is 11.5 Å². The highest BCUT2D eigenvalue weighted by Crippen LogP contribution is 2.23. The Morgan fingerprint density at radius 1 is 1.47 bits per heavy atom. The standard InChI is InChI=1S/C12H19NO2/c1-4-9(2)13-8-10-5-6-11(15-3)7-12(10)14/h5-7,9,13-14H,4,8H2,1-3H3/t9-/m1/s1. The summed E-state index contributed by atoms with van der Waals surface area (Å²) in [5.41, 5.74) is 0.899. The van der Waals surface area contributed by atoms with Crippen molar-refractivity contribution < 1.29 is 9.84 Å². The Kier molecular flexibility index (Phi) is 4.43. The number of hydrogen-bond acceptors (Lipinski definition) is 3. The summed E-state index contributed by atoms with van der Waals surface area (Å²) in [6, 6.07) is 5.83. The maximum absolute atomic E-state index is 9.69. The molecule has 0 aliphatic carbocycles. The molecule has 0 unspecified atom stereocenters. The van der Waals surface area contributed by atoms with E-state index in [0.717, 1.165) is 12.0 Å². The van der Waals surface area contributed by atoms with Crippen molar-refractivity contribution in [3.63, 3.8) is 0 Å². The Morgan fingerprint density at radius 3 is 2.73 bits per heavy atom.